The zero-order chi connectivity index (χ0) is 13.3. The van der Waals surface area contributed by atoms with E-state index in [1.165, 1.54) is 18.2 Å². The van der Waals surface area contributed by atoms with Crippen LogP contribution in [0, 0.1) is 17.6 Å². The Kier molecular flexibility index (Phi) is 3.50. The predicted octanol–water partition coefficient (Wildman–Crippen LogP) is 2.29. The number of rotatable bonds is 3. The highest BCUT2D eigenvalue weighted by Crippen LogP contribution is 2.30. The molecule has 3 nitrogen and oxygen atoms in total. The first kappa shape index (κ1) is 12.8. The SMILES string of the molecule is CC(C)CN1C(N)=NCC1c1c(F)cccc1F. The smallest absolute Gasteiger partial charge is 0.191 e. The fourth-order valence-electron chi connectivity index (χ4n) is 2.22. The molecule has 2 rings (SSSR count). The van der Waals surface area contributed by atoms with Crippen molar-refractivity contribution in [2.75, 3.05) is 13.1 Å². The van der Waals surface area contributed by atoms with Gasteiger partial charge >= 0.3 is 0 Å². The lowest BCUT2D eigenvalue weighted by Crippen LogP contribution is -2.39. The summed E-state index contributed by atoms with van der Waals surface area (Å²) in [4.78, 5) is 5.87. The Bertz CT molecular complexity index is 451. The van der Waals surface area contributed by atoms with Gasteiger partial charge in [-0.15, -0.1) is 0 Å². The van der Waals surface area contributed by atoms with Crippen LogP contribution in [0.25, 0.3) is 0 Å². The van der Waals surface area contributed by atoms with Crippen molar-refractivity contribution < 1.29 is 8.78 Å². The van der Waals surface area contributed by atoms with E-state index in [1.54, 1.807) is 4.90 Å². The molecule has 0 saturated carbocycles. The summed E-state index contributed by atoms with van der Waals surface area (Å²) in [7, 11) is 0. The van der Waals surface area contributed by atoms with Gasteiger partial charge in [-0.05, 0) is 18.1 Å². The van der Waals surface area contributed by atoms with Gasteiger partial charge in [0.2, 0.25) is 0 Å². The number of nitrogens with zero attached hydrogens (tertiary/aromatic N) is 2. The molecule has 0 bridgehead atoms. The van der Waals surface area contributed by atoms with E-state index < -0.39 is 17.7 Å². The molecule has 0 fully saturated rings. The van der Waals surface area contributed by atoms with Crippen molar-refractivity contribution in [2.24, 2.45) is 16.6 Å². The Labute approximate surface area is 105 Å². The molecule has 1 aromatic rings. The number of hydrogen-bond donors (Lipinski definition) is 1. The summed E-state index contributed by atoms with van der Waals surface area (Å²) >= 11 is 0. The third-order valence-electron chi connectivity index (χ3n) is 2.99. The van der Waals surface area contributed by atoms with Crippen molar-refractivity contribution in [1.29, 1.82) is 0 Å². The van der Waals surface area contributed by atoms with Gasteiger partial charge in [-0.3, -0.25) is 4.99 Å². The molecule has 2 N–H and O–H groups in total. The largest absolute Gasteiger partial charge is 0.370 e. The van der Waals surface area contributed by atoms with Crippen LogP contribution in [0.5, 0.6) is 0 Å². The molecule has 1 aliphatic rings. The van der Waals surface area contributed by atoms with Gasteiger partial charge in [-0.25, -0.2) is 8.78 Å². The van der Waals surface area contributed by atoms with Crippen LogP contribution in [0.4, 0.5) is 8.78 Å². The first-order valence-corrected chi connectivity index (χ1v) is 6.01. The topological polar surface area (TPSA) is 41.6 Å². The highest BCUT2D eigenvalue weighted by Gasteiger charge is 2.31. The summed E-state index contributed by atoms with van der Waals surface area (Å²) in [5, 5.41) is 0. The molecule has 98 valence electrons. The first-order chi connectivity index (χ1) is 8.50. The number of hydrogen-bond acceptors (Lipinski definition) is 3. The summed E-state index contributed by atoms with van der Waals surface area (Å²) in [5.41, 5.74) is 5.84. The van der Waals surface area contributed by atoms with Crippen molar-refractivity contribution in [1.82, 2.24) is 4.90 Å². The van der Waals surface area contributed by atoms with Gasteiger partial charge < -0.3 is 10.6 Å². The average Bonchev–Trinajstić information content (AvgIpc) is 2.61. The highest BCUT2D eigenvalue weighted by molar-refractivity contribution is 5.80. The second-order valence-corrected chi connectivity index (χ2v) is 4.90. The van der Waals surface area contributed by atoms with E-state index in [2.05, 4.69) is 4.99 Å². The normalized spacial score (nSPS) is 19.5. The van der Waals surface area contributed by atoms with Crippen molar-refractivity contribution >= 4 is 5.96 Å². The van der Waals surface area contributed by atoms with E-state index >= 15 is 0 Å². The van der Waals surface area contributed by atoms with Crippen molar-refractivity contribution in [3.8, 4) is 0 Å². The third-order valence-corrected chi connectivity index (χ3v) is 2.99. The fraction of sp³-hybridized carbons (Fsp3) is 0.462. The molecule has 0 amide bonds. The van der Waals surface area contributed by atoms with Gasteiger partial charge in [0.1, 0.15) is 11.6 Å². The Morgan fingerprint density at radius 1 is 1.39 bits per heavy atom. The molecular weight excluding hydrogens is 236 g/mol. The van der Waals surface area contributed by atoms with Crippen LogP contribution >= 0.6 is 0 Å². The maximum atomic E-state index is 13.8. The molecule has 1 atom stereocenters. The standard InChI is InChI=1S/C13H17F2N3/c1-8(2)7-18-11(6-17-13(18)16)12-9(14)4-3-5-10(12)15/h3-5,8,11H,6-7H2,1-2H3,(H2,16,17). The van der Waals surface area contributed by atoms with Crippen LogP contribution in [-0.2, 0) is 0 Å². The lowest BCUT2D eigenvalue weighted by molar-refractivity contribution is 0.296. The van der Waals surface area contributed by atoms with Gasteiger partial charge in [0.05, 0.1) is 12.6 Å². The Hall–Kier alpha value is -1.65. The van der Waals surface area contributed by atoms with E-state index in [1.807, 2.05) is 13.8 Å². The minimum absolute atomic E-state index is 0.0577. The van der Waals surface area contributed by atoms with Crippen LogP contribution in [0.3, 0.4) is 0 Å². The summed E-state index contributed by atoms with van der Waals surface area (Å²) in [6.45, 7) is 4.99. The maximum Gasteiger partial charge on any atom is 0.191 e. The molecule has 1 unspecified atom stereocenters. The van der Waals surface area contributed by atoms with Crippen molar-refractivity contribution in [2.45, 2.75) is 19.9 Å². The van der Waals surface area contributed by atoms with Gasteiger partial charge in [0.15, 0.2) is 5.96 Å². The summed E-state index contributed by atoms with van der Waals surface area (Å²) in [6.07, 6.45) is 0. The van der Waals surface area contributed by atoms with Gasteiger partial charge in [0, 0.05) is 12.1 Å². The number of benzene rings is 1. The van der Waals surface area contributed by atoms with E-state index in [4.69, 9.17) is 5.73 Å². The van der Waals surface area contributed by atoms with E-state index in [0.717, 1.165) is 0 Å². The van der Waals surface area contributed by atoms with Gasteiger partial charge in [-0.2, -0.15) is 0 Å². The second-order valence-electron chi connectivity index (χ2n) is 4.90. The Morgan fingerprint density at radius 3 is 2.56 bits per heavy atom. The van der Waals surface area contributed by atoms with Crippen LogP contribution in [-0.4, -0.2) is 23.9 Å². The Morgan fingerprint density at radius 2 is 2.00 bits per heavy atom. The highest BCUT2D eigenvalue weighted by atomic mass is 19.1. The number of aliphatic imine (C=N–C) groups is 1. The zero-order valence-corrected chi connectivity index (χ0v) is 10.5. The second kappa shape index (κ2) is 4.92. The molecule has 0 saturated heterocycles. The summed E-state index contributed by atoms with van der Waals surface area (Å²) in [5.74, 6) is -0.386. The van der Waals surface area contributed by atoms with E-state index in [0.29, 0.717) is 25.0 Å². The quantitative estimate of drug-likeness (QED) is 0.898. The van der Waals surface area contributed by atoms with Gasteiger partial charge in [0.25, 0.3) is 0 Å². The third kappa shape index (κ3) is 2.30. The van der Waals surface area contributed by atoms with Crippen molar-refractivity contribution in [3.63, 3.8) is 0 Å². The van der Waals surface area contributed by atoms with Crippen molar-refractivity contribution in [3.05, 3.63) is 35.4 Å². The fourth-order valence-corrected chi connectivity index (χ4v) is 2.22. The lowest BCUT2D eigenvalue weighted by atomic mass is 10.0. The minimum Gasteiger partial charge on any atom is -0.370 e. The summed E-state index contributed by atoms with van der Waals surface area (Å²) in [6, 6.07) is 3.45. The molecule has 0 aromatic heterocycles. The van der Waals surface area contributed by atoms with E-state index in [-0.39, 0.29) is 5.56 Å². The predicted molar refractivity (Wildman–Crippen MR) is 67.1 cm³/mol. The molecular formula is C13H17F2N3. The first-order valence-electron chi connectivity index (χ1n) is 6.01. The summed E-state index contributed by atoms with van der Waals surface area (Å²) < 4.78 is 27.6. The molecule has 0 radical (unpaired) electrons. The molecule has 18 heavy (non-hydrogen) atoms. The van der Waals surface area contributed by atoms with Gasteiger partial charge in [-0.1, -0.05) is 19.9 Å². The average molecular weight is 253 g/mol. The monoisotopic (exact) mass is 253 g/mol. The molecule has 1 aromatic carbocycles. The number of halogens is 2. The van der Waals surface area contributed by atoms with Crippen LogP contribution in [0.2, 0.25) is 0 Å². The Balaban J connectivity index is 2.33. The molecule has 1 heterocycles. The van der Waals surface area contributed by atoms with Crippen LogP contribution < -0.4 is 5.73 Å². The van der Waals surface area contributed by atoms with Crippen LogP contribution in [0.15, 0.2) is 23.2 Å². The molecule has 0 aliphatic carbocycles. The molecule has 5 heteroatoms. The minimum atomic E-state index is -0.543. The lowest BCUT2D eigenvalue weighted by Gasteiger charge is -2.28. The van der Waals surface area contributed by atoms with Crippen LogP contribution in [0.1, 0.15) is 25.5 Å². The number of nitrogens with two attached hydrogens (primary N) is 1. The molecule has 1 aliphatic heterocycles. The number of guanidine groups is 1. The van der Waals surface area contributed by atoms with E-state index in [9.17, 15) is 8.78 Å². The molecule has 0 spiro atoms. The zero-order valence-electron chi connectivity index (χ0n) is 10.5. The maximum absolute atomic E-state index is 13.8.